The Hall–Kier alpha value is -3.33. The van der Waals surface area contributed by atoms with E-state index in [4.69, 9.17) is 9.47 Å². The van der Waals surface area contributed by atoms with Crippen molar-refractivity contribution in [1.29, 1.82) is 0 Å². The summed E-state index contributed by atoms with van der Waals surface area (Å²) in [7, 11) is 0. The van der Waals surface area contributed by atoms with Gasteiger partial charge in [0.2, 0.25) is 0 Å². The molecule has 0 aromatic heterocycles. The molecule has 0 saturated heterocycles. The first kappa shape index (κ1) is 30.6. The van der Waals surface area contributed by atoms with E-state index in [2.05, 4.69) is 102 Å². The third-order valence-electron chi connectivity index (χ3n) is 8.57. The van der Waals surface area contributed by atoms with Crippen LogP contribution in [0.15, 0.2) is 72.8 Å². The van der Waals surface area contributed by atoms with Crippen molar-refractivity contribution in [2.45, 2.75) is 85.7 Å². The Kier molecular flexibility index (Phi) is 10.9. The van der Waals surface area contributed by atoms with Crippen LogP contribution in [0.4, 0.5) is 0 Å². The van der Waals surface area contributed by atoms with Crippen LogP contribution >= 0.6 is 0 Å². The van der Waals surface area contributed by atoms with Crippen LogP contribution in [0.5, 0.6) is 5.75 Å². The molecule has 0 heterocycles. The minimum absolute atomic E-state index is 0.0240. The number of rotatable bonds is 11. The van der Waals surface area contributed by atoms with E-state index in [1.165, 1.54) is 5.56 Å². The van der Waals surface area contributed by atoms with E-state index in [1.54, 1.807) is 0 Å². The first-order chi connectivity index (χ1) is 19.7. The van der Waals surface area contributed by atoms with Gasteiger partial charge < -0.3 is 9.47 Å². The highest BCUT2D eigenvalue weighted by Crippen LogP contribution is 2.37. The molecule has 41 heavy (non-hydrogen) atoms. The number of esters is 1. The van der Waals surface area contributed by atoms with Gasteiger partial charge in [-0.15, -0.1) is 0 Å². The molecule has 1 fully saturated rings. The van der Waals surface area contributed by atoms with Gasteiger partial charge in [0, 0.05) is 0 Å². The molecule has 1 saturated carbocycles. The lowest BCUT2D eigenvalue weighted by molar-refractivity contribution is -0.0162. The summed E-state index contributed by atoms with van der Waals surface area (Å²) in [6.45, 7) is 13.9. The molecule has 4 rings (SSSR count). The van der Waals surface area contributed by atoms with Gasteiger partial charge in [0.25, 0.3) is 0 Å². The number of hydrogen-bond donors (Lipinski definition) is 0. The third kappa shape index (κ3) is 8.35. The standard InChI is InChI=1S/C38H48O3/c1-26(2)31-18-20-33(21-19-31)40-23-11-15-32(25-30-13-8-7-9-14-30)37-29(6)12-10-16-34(37)38(39)41-36-22-17-28(5)24-35(36)27(3)4/h7-10,12-14,16,18-21,25-28,35-36H,11,15,17,22-24H2,1-6H3/b32-25-/t28-,35-,36?/m0/s1. The second kappa shape index (κ2) is 14.5. The lowest BCUT2D eigenvalue weighted by atomic mass is 9.75. The van der Waals surface area contributed by atoms with Gasteiger partial charge >= 0.3 is 5.97 Å². The number of allylic oxidation sites excluding steroid dienone is 1. The van der Waals surface area contributed by atoms with Gasteiger partial charge in [-0.25, -0.2) is 4.79 Å². The van der Waals surface area contributed by atoms with Crippen LogP contribution in [0, 0.1) is 24.7 Å². The Bertz CT molecular complexity index is 1290. The molecule has 0 aliphatic heterocycles. The third-order valence-corrected chi connectivity index (χ3v) is 8.57. The van der Waals surface area contributed by atoms with Gasteiger partial charge in [-0.3, -0.25) is 0 Å². The summed E-state index contributed by atoms with van der Waals surface area (Å²) in [6, 6.07) is 24.8. The van der Waals surface area contributed by atoms with Gasteiger partial charge in [0.05, 0.1) is 12.2 Å². The maximum Gasteiger partial charge on any atom is 0.339 e. The van der Waals surface area contributed by atoms with Crippen LogP contribution in [0.3, 0.4) is 0 Å². The van der Waals surface area contributed by atoms with Gasteiger partial charge in [0.15, 0.2) is 0 Å². The molecule has 0 bridgehead atoms. The largest absolute Gasteiger partial charge is 0.494 e. The fraction of sp³-hybridized carbons (Fsp3) is 0.447. The molecular formula is C38H48O3. The van der Waals surface area contributed by atoms with Crippen LogP contribution < -0.4 is 4.74 Å². The summed E-state index contributed by atoms with van der Waals surface area (Å²) in [5, 5.41) is 0. The molecule has 1 aliphatic carbocycles. The Morgan fingerprint density at radius 3 is 2.34 bits per heavy atom. The van der Waals surface area contributed by atoms with Crippen LogP contribution in [-0.2, 0) is 4.74 Å². The molecule has 0 N–H and O–H groups in total. The molecule has 1 unspecified atom stereocenters. The highest BCUT2D eigenvalue weighted by atomic mass is 16.5. The number of hydrogen-bond acceptors (Lipinski definition) is 3. The van der Waals surface area contributed by atoms with Crippen LogP contribution in [0.2, 0.25) is 0 Å². The average molecular weight is 553 g/mol. The monoisotopic (exact) mass is 552 g/mol. The van der Waals surface area contributed by atoms with Crippen LogP contribution in [-0.4, -0.2) is 18.7 Å². The average Bonchev–Trinajstić information content (AvgIpc) is 2.96. The Morgan fingerprint density at radius 1 is 0.927 bits per heavy atom. The molecule has 0 spiro atoms. The van der Waals surface area contributed by atoms with Gasteiger partial charge in [0.1, 0.15) is 11.9 Å². The van der Waals surface area contributed by atoms with Crippen molar-refractivity contribution in [3.63, 3.8) is 0 Å². The smallest absolute Gasteiger partial charge is 0.339 e. The molecule has 1 aliphatic rings. The van der Waals surface area contributed by atoms with E-state index in [9.17, 15) is 4.79 Å². The number of ether oxygens (including phenoxy) is 2. The summed E-state index contributed by atoms with van der Waals surface area (Å²) in [4.78, 5) is 13.8. The highest BCUT2D eigenvalue weighted by Gasteiger charge is 2.34. The van der Waals surface area contributed by atoms with E-state index < -0.39 is 0 Å². The second-order valence-corrected chi connectivity index (χ2v) is 12.5. The summed E-state index contributed by atoms with van der Waals surface area (Å²) in [6.07, 6.45) is 7.00. The molecule has 0 amide bonds. The zero-order valence-electron chi connectivity index (χ0n) is 25.9. The Morgan fingerprint density at radius 2 is 1.66 bits per heavy atom. The van der Waals surface area contributed by atoms with E-state index in [0.717, 1.165) is 60.1 Å². The number of carbonyl (C=O) groups is 1. The van der Waals surface area contributed by atoms with Crippen molar-refractivity contribution >= 4 is 17.6 Å². The fourth-order valence-corrected chi connectivity index (χ4v) is 6.13. The molecule has 0 radical (unpaired) electrons. The highest BCUT2D eigenvalue weighted by molar-refractivity contribution is 5.98. The molecule has 3 aromatic carbocycles. The van der Waals surface area contributed by atoms with E-state index in [-0.39, 0.29) is 12.1 Å². The molecule has 3 heteroatoms. The summed E-state index contributed by atoms with van der Waals surface area (Å²) in [5.41, 5.74) is 6.32. The first-order valence-corrected chi connectivity index (χ1v) is 15.5. The van der Waals surface area contributed by atoms with E-state index in [0.29, 0.717) is 35.8 Å². The van der Waals surface area contributed by atoms with Crippen molar-refractivity contribution in [1.82, 2.24) is 0 Å². The van der Waals surface area contributed by atoms with E-state index >= 15 is 0 Å². The Labute approximate surface area is 248 Å². The summed E-state index contributed by atoms with van der Waals surface area (Å²) < 4.78 is 12.4. The topological polar surface area (TPSA) is 35.5 Å². The molecule has 218 valence electrons. The van der Waals surface area contributed by atoms with Crippen LogP contribution in [0.25, 0.3) is 11.6 Å². The number of carbonyl (C=O) groups excluding carboxylic acids is 1. The minimum Gasteiger partial charge on any atom is -0.494 e. The van der Waals surface area contributed by atoms with Crippen molar-refractivity contribution in [2.75, 3.05) is 6.61 Å². The summed E-state index contributed by atoms with van der Waals surface area (Å²) >= 11 is 0. The van der Waals surface area contributed by atoms with Gasteiger partial charge in [-0.2, -0.15) is 0 Å². The fourth-order valence-electron chi connectivity index (χ4n) is 6.13. The van der Waals surface area contributed by atoms with Crippen molar-refractivity contribution in [3.05, 3.63) is 101 Å². The lowest BCUT2D eigenvalue weighted by Gasteiger charge is -2.37. The zero-order valence-corrected chi connectivity index (χ0v) is 25.9. The van der Waals surface area contributed by atoms with Crippen molar-refractivity contribution in [3.8, 4) is 5.75 Å². The van der Waals surface area contributed by atoms with E-state index in [1.807, 2.05) is 18.2 Å². The number of benzene rings is 3. The maximum atomic E-state index is 13.8. The zero-order chi connectivity index (χ0) is 29.4. The summed E-state index contributed by atoms with van der Waals surface area (Å²) in [5.74, 6) is 2.77. The first-order valence-electron chi connectivity index (χ1n) is 15.5. The van der Waals surface area contributed by atoms with Crippen molar-refractivity contribution < 1.29 is 14.3 Å². The van der Waals surface area contributed by atoms with Crippen LogP contribution in [0.1, 0.15) is 105 Å². The SMILES string of the molecule is Cc1cccc(C(=O)OC2CC[C@H](C)C[C@H]2C(C)C)c1/C(=C\c1ccccc1)CCCOc1ccc(C(C)C)cc1. The molecule has 3 atom stereocenters. The van der Waals surface area contributed by atoms with Gasteiger partial charge in [-0.05, 0) is 109 Å². The minimum atomic E-state index is -0.200. The quantitative estimate of drug-likeness (QED) is 0.135. The molecule has 3 nitrogen and oxygen atoms in total. The van der Waals surface area contributed by atoms with Crippen molar-refractivity contribution in [2.24, 2.45) is 17.8 Å². The predicted molar refractivity (Wildman–Crippen MR) is 171 cm³/mol. The number of aryl methyl sites for hydroxylation is 1. The lowest BCUT2D eigenvalue weighted by Crippen LogP contribution is -2.35. The molecular weight excluding hydrogens is 504 g/mol. The van der Waals surface area contributed by atoms with Gasteiger partial charge in [-0.1, -0.05) is 95.3 Å². The predicted octanol–water partition coefficient (Wildman–Crippen LogP) is 10.1. The maximum absolute atomic E-state index is 13.8. The second-order valence-electron chi connectivity index (χ2n) is 12.5. The Balaban J connectivity index is 1.55. The normalized spacial score (nSPS) is 19.4. The molecule has 3 aromatic rings.